The molecule has 1 unspecified atom stereocenters. The molecule has 1 aliphatic rings. The molecule has 2 heterocycles. The second-order valence-corrected chi connectivity index (χ2v) is 9.43. The van der Waals surface area contributed by atoms with Crippen LogP contribution in [-0.4, -0.2) is 55.3 Å². The molecule has 13 heteroatoms. The van der Waals surface area contributed by atoms with Crippen LogP contribution in [0, 0.1) is 11.7 Å². The Kier molecular flexibility index (Phi) is 8.41. The molecule has 1 aromatic heterocycles. The van der Waals surface area contributed by atoms with Gasteiger partial charge in [0.15, 0.2) is 0 Å². The Labute approximate surface area is 222 Å². The quantitative estimate of drug-likeness (QED) is 0.412. The number of carbonyl (C=O) groups is 3. The third kappa shape index (κ3) is 6.38. The van der Waals surface area contributed by atoms with Crippen molar-refractivity contribution in [2.45, 2.75) is 45.4 Å². The number of nitrogens with zero attached hydrogens (tertiary/aromatic N) is 6. The molecule has 0 spiro atoms. The molecule has 0 saturated carbocycles. The summed E-state index contributed by atoms with van der Waals surface area (Å²) >= 11 is 6.15. The zero-order chi connectivity index (χ0) is 27.2. The summed E-state index contributed by atoms with van der Waals surface area (Å²) in [6, 6.07) is 9.12. The van der Waals surface area contributed by atoms with Crippen LogP contribution in [0.25, 0.3) is 5.69 Å². The van der Waals surface area contributed by atoms with E-state index in [4.69, 9.17) is 16.3 Å². The Morgan fingerprint density at radius 3 is 2.63 bits per heavy atom. The summed E-state index contributed by atoms with van der Waals surface area (Å²) in [6.07, 6.45) is 1.69. The van der Waals surface area contributed by atoms with Gasteiger partial charge in [-0.1, -0.05) is 37.6 Å². The van der Waals surface area contributed by atoms with Crippen LogP contribution in [0.1, 0.15) is 43.9 Å². The number of halogens is 2. The number of aromatic nitrogens is 4. The van der Waals surface area contributed by atoms with Gasteiger partial charge in [0.1, 0.15) is 18.2 Å². The first-order valence-electron chi connectivity index (χ1n) is 11.8. The maximum Gasteiger partial charge on any atom is 0.307 e. The number of benzene rings is 2. The van der Waals surface area contributed by atoms with Crippen LogP contribution in [0.2, 0.25) is 5.02 Å². The minimum absolute atomic E-state index is 0.000474. The van der Waals surface area contributed by atoms with Crippen LogP contribution in [0.15, 0.2) is 53.9 Å². The van der Waals surface area contributed by atoms with Gasteiger partial charge in [0, 0.05) is 36.2 Å². The Morgan fingerprint density at radius 2 is 1.95 bits per heavy atom. The predicted octanol–water partition coefficient (Wildman–Crippen LogP) is 2.99. The summed E-state index contributed by atoms with van der Waals surface area (Å²) < 4.78 is 20.5. The van der Waals surface area contributed by atoms with E-state index in [1.54, 1.807) is 18.2 Å². The summed E-state index contributed by atoms with van der Waals surface area (Å²) in [6.45, 7) is 3.75. The SMILES string of the molecule is CC(C)CC(=O)OC(C(=O)N1N=CC[C@H]1C(=O)NCc1cc(Cl)ccc1-n1cnnn1)c1ccc(F)cc1. The third-order valence-corrected chi connectivity index (χ3v) is 5.91. The standard InChI is InChI=1S/C25H25ClFN7O4/c1-15(2)11-22(35)38-23(16-3-6-19(27)7-4-16)25(37)34-21(9-10-30-34)24(36)28-13-17-12-18(26)5-8-20(17)33-14-29-31-32-33/h3-8,10,12,14-15,21,23H,9,11,13H2,1-2H3,(H,28,36)/t21-,23?/m0/s1. The number of hydrazone groups is 1. The summed E-state index contributed by atoms with van der Waals surface area (Å²) in [5.74, 6) is -2.31. The number of hydrogen-bond acceptors (Lipinski definition) is 8. The van der Waals surface area contributed by atoms with E-state index < -0.39 is 35.7 Å². The van der Waals surface area contributed by atoms with Gasteiger partial charge in [0.05, 0.1) is 5.69 Å². The van der Waals surface area contributed by atoms with Crippen molar-refractivity contribution < 1.29 is 23.5 Å². The van der Waals surface area contributed by atoms with Crippen molar-refractivity contribution in [1.82, 2.24) is 30.5 Å². The summed E-state index contributed by atoms with van der Waals surface area (Å²) in [4.78, 5) is 39.1. The van der Waals surface area contributed by atoms with E-state index in [2.05, 4.69) is 25.9 Å². The number of esters is 1. The third-order valence-electron chi connectivity index (χ3n) is 5.67. The van der Waals surface area contributed by atoms with E-state index in [0.717, 1.165) is 17.1 Å². The molecule has 0 saturated heterocycles. The first-order valence-corrected chi connectivity index (χ1v) is 12.2. The molecule has 1 N–H and O–H groups in total. The van der Waals surface area contributed by atoms with Crippen molar-refractivity contribution in [1.29, 1.82) is 0 Å². The van der Waals surface area contributed by atoms with Crippen molar-refractivity contribution >= 4 is 35.6 Å². The van der Waals surface area contributed by atoms with E-state index >= 15 is 0 Å². The highest BCUT2D eigenvalue weighted by atomic mass is 35.5. The highest BCUT2D eigenvalue weighted by Crippen LogP contribution is 2.26. The largest absolute Gasteiger partial charge is 0.447 e. The van der Waals surface area contributed by atoms with E-state index in [0.29, 0.717) is 16.3 Å². The molecule has 38 heavy (non-hydrogen) atoms. The molecule has 2 aromatic carbocycles. The van der Waals surface area contributed by atoms with Crippen molar-refractivity contribution in [2.24, 2.45) is 11.0 Å². The number of carbonyl (C=O) groups excluding carboxylic acids is 3. The van der Waals surface area contributed by atoms with Gasteiger partial charge >= 0.3 is 5.97 Å². The molecular formula is C25H25ClFN7O4. The fourth-order valence-corrected chi connectivity index (χ4v) is 4.06. The average Bonchev–Trinajstić information content (AvgIpc) is 3.58. The first-order chi connectivity index (χ1) is 18.2. The summed E-state index contributed by atoms with van der Waals surface area (Å²) in [5.41, 5.74) is 1.52. The molecule has 1 aliphatic heterocycles. The Bertz CT molecular complexity index is 1330. The Balaban J connectivity index is 1.51. The van der Waals surface area contributed by atoms with E-state index in [1.807, 2.05) is 13.8 Å². The number of hydrogen-bond donors (Lipinski definition) is 1. The normalized spacial score (nSPS) is 15.5. The Hall–Kier alpha value is -4.19. The van der Waals surface area contributed by atoms with Gasteiger partial charge in [-0.25, -0.2) is 14.1 Å². The van der Waals surface area contributed by atoms with Crippen molar-refractivity contribution in [3.63, 3.8) is 0 Å². The van der Waals surface area contributed by atoms with Crippen LogP contribution in [0.3, 0.4) is 0 Å². The number of tetrazole rings is 1. The lowest BCUT2D eigenvalue weighted by molar-refractivity contribution is -0.163. The topological polar surface area (TPSA) is 132 Å². The zero-order valence-corrected chi connectivity index (χ0v) is 21.4. The van der Waals surface area contributed by atoms with Crippen LogP contribution < -0.4 is 5.32 Å². The van der Waals surface area contributed by atoms with Crippen molar-refractivity contribution in [2.75, 3.05) is 0 Å². The molecule has 3 aromatic rings. The van der Waals surface area contributed by atoms with Crippen molar-refractivity contribution in [3.05, 3.63) is 70.8 Å². The van der Waals surface area contributed by atoms with Gasteiger partial charge in [0.25, 0.3) is 5.91 Å². The van der Waals surface area contributed by atoms with E-state index in [1.165, 1.54) is 29.4 Å². The number of rotatable bonds is 9. The molecule has 0 bridgehead atoms. The number of amides is 2. The van der Waals surface area contributed by atoms with E-state index in [-0.39, 0.29) is 30.9 Å². The van der Waals surface area contributed by atoms with Crippen LogP contribution in [0.5, 0.6) is 0 Å². The lowest BCUT2D eigenvalue weighted by Crippen LogP contribution is -2.46. The molecule has 2 amide bonds. The maximum absolute atomic E-state index is 13.5. The molecular weight excluding hydrogens is 517 g/mol. The summed E-state index contributed by atoms with van der Waals surface area (Å²) in [7, 11) is 0. The van der Waals surface area contributed by atoms with Crippen molar-refractivity contribution in [3.8, 4) is 5.69 Å². The predicted molar refractivity (Wildman–Crippen MR) is 134 cm³/mol. The Morgan fingerprint density at radius 1 is 1.18 bits per heavy atom. The van der Waals surface area contributed by atoms with Crippen LogP contribution in [-0.2, 0) is 25.7 Å². The highest BCUT2D eigenvalue weighted by molar-refractivity contribution is 6.30. The summed E-state index contributed by atoms with van der Waals surface area (Å²) in [5, 5.41) is 19.5. The monoisotopic (exact) mass is 541 g/mol. The number of nitrogens with one attached hydrogen (secondary N) is 1. The minimum Gasteiger partial charge on any atom is -0.447 e. The molecule has 0 radical (unpaired) electrons. The van der Waals surface area contributed by atoms with Crippen LogP contribution in [0.4, 0.5) is 4.39 Å². The zero-order valence-electron chi connectivity index (χ0n) is 20.6. The molecule has 0 aliphatic carbocycles. The second kappa shape index (κ2) is 11.9. The van der Waals surface area contributed by atoms with Gasteiger partial charge in [-0.2, -0.15) is 5.10 Å². The minimum atomic E-state index is -1.40. The molecule has 198 valence electrons. The molecule has 11 nitrogen and oxygen atoms in total. The molecule has 4 rings (SSSR count). The fraction of sp³-hybridized carbons (Fsp3) is 0.320. The highest BCUT2D eigenvalue weighted by Gasteiger charge is 2.38. The van der Waals surface area contributed by atoms with Gasteiger partial charge < -0.3 is 10.1 Å². The second-order valence-electron chi connectivity index (χ2n) is 9.00. The first kappa shape index (κ1) is 26.9. The van der Waals surface area contributed by atoms with E-state index in [9.17, 15) is 18.8 Å². The van der Waals surface area contributed by atoms with Gasteiger partial charge in [-0.15, -0.1) is 5.10 Å². The fourth-order valence-electron chi connectivity index (χ4n) is 3.87. The average molecular weight is 542 g/mol. The maximum atomic E-state index is 13.5. The lowest BCUT2D eigenvalue weighted by atomic mass is 10.1. The molecule has 0 fully saturated rings. The smallest absolute Gasteiger partial charge is 0.307 e. The van der Waals surface area contributed by atoms with Gasteiger partial charge in [-0.05, 0) is 52.2 Å². The molecule has 2 atom stereocenters. The van der Waals surface area contributed by atoms with Gasteiger partial charge in [0.2, 0.25) is 12.0 Å². The number of ether oxygens (including phenoxy) is 1. The van der Waals surface area contributed by atoms with Gasteiger partial charge in [-0.3, -0.25) is 14.4 Å². The van der Waals surface area contributed by atoms with Crippen LogP contribution >= 0.6 is 11.6 Å². The lowest BCUT2D eigenvalue weighted by Gasteiger charge is -2.26.